The Labute approximate surface area is 201 Å². The molecule has 4 aromatic carbocycles. The van der Waals surface area contributed by atoms with E-state index in [1.807, 2.05) is 61.5 Å². The number of nitrogens with zero attached hydrogens (tertiary/aromatic N) is 3. The summed E-state index contributed by atoms with van der Waals surface area (Å²) in [5.74, 6) is 1.09. The van der Waals surface area contributed by atoms with Crippen molar-refractivity contribution < 1.29 is 9.66 Å². The van der Waals surface area contributed by atoms with Crippen LogP contribution in [0.15, 0.2) is 78.9 Å². The highest BCUT2D eigenvalue weighted by atomic mass is 16.6. The van der Waals surface area contributed by atoms with Crippen LogP contribution in [0.1, 0.15) is 22.5 Å². The number of fused-ring (bicyclic) bond motifs is 2. The zero-order valence-corrected chi connectivity index (χ0v) is 18.9. The first-order valence-electron chi connectivity index (χ1n) is 11.0. The number of aromatic amines is 1. The van der Waals surface area contributed by atoms with E-state index in [1.165, 1.54) is 12.1 Å². The Morgan fingerprint density at radius 3 is 2.69 bits per heavy atom. The van der Waals surface area contributed by atoms with E-state index in [0.29, 0.717) is 17.1 Å². The van der Waals surface area contributed by atoms with Gasteiger partial charge in [0.25, 0.3) is 5.69 Å². The molecule has 0 saturated carbocycles. The summed E-state index contributed by atoms with van der Waals surface area (Å²) < 4.78 is 6.13. The zero-order chi connectivity index (χ0) is 24.4. The van der Waals surface area contributed by atoms with Crippen LogP contribution in [0.3, 0.4) is 0 Å². The van der Waals surface area contributed by atoms with Gasteiger partial charge in [0.1, 0.15) is 24.3 Å². The van der Waals surface area contributed by atoms with E-state index in [2.05, 4.69) is 16.0 Å². The van der Waals surface area contributed by atoms with Gasteiger partial charge in [-0.05, 0) is 65.2 Å². The van der Waals surface area contributed by atoms with Gasteiger partial charge in [-0.3, -0.25) is 10.1 Å². The molecular weight excluding hydrogens is 440 g/mol. The first-order chi connectivity index (χ1) is 17.0. The van der Waals surface area contributed by atoms with E-state index in [4.69, 9.17) is 4.74 Å². The smallest absolute Gasteiger partial charge is 0.269 e. The molecule has 0 unspecified atom stereocenters. The van der Waals surface area contributed by atoms with Gasteiger partial charge in [-0.25, -0.2) is 4.98 Å². The number of ether oxygens (including phenoxy) is 1. The van der Waals surface area contributed by atoms with Crippen LogP contribution < -0.4 is 4.74 Å². The second-order valence-corrected chi connectivity index (χ2v) is 8.19. The second-order valence-electron chi connectivity index (χ2n) is 8.19. The van der Waals surface area contributed by atoms with Gasteiger partial charge in [-0.1, -0.05) is 36.4 Å². The zero-order valence-electron chi connectivity index (χ0n) is 18.9. The van der Waals surface area contributed by atoms with Crippen LogP contribution in [0.4, 0.5) is 5.69 Å². The third-order valence-electron chi connectivity index (χ3n) is 5.77. The molecule has 170 valence electrons. The lowest BCUT2D eigenvalue weighted by Gasteiger charge is -2.12. The third-order valence-corrected chi connectivity index (χ3v) is 5.77. The highest BCUT2D eigenvalue weighted by Crippen LogP contribution is 2.32. The van der Waals surface area contributed by atoms with Crippen molar-refractivity contribution in [3.8, 4) is 11.8 Å². The van der Waals surface area contributed by atoms with E-state index in [1.54, 1.807) is 18.2 Å². The largest absolute Gasteiger partial charge is 0.488 e. The molecule has 1 heterocycles. The molecule has 0 spiro atoms. The van der Waals surface area contributed by atoms with Crippen molar-refractivity contribution in [3.05, 3.63) is 111 Å². The minimum atomic E-state index is -0.431. The molecule has 0 aliphatic rings. The fourth-order valence-corrected chi connectivity index (χ4v) is 3.97. The Morgan fingerprint density at radius 1 is 1.11 bits per heavy atom. The summed E-state index contributed by atoms with van der Waals surface area (Å²) in [4.78, 5) is 18.3. The van der Waals surface area contributed by atoms with Crippen molar-refractivity contribution >= 4 is 39.1 Å². The van der Waals surface area contributed by atoms with Crippen LogP contribution >= 0.6 is 0 Å². The van der Waals surface area contributed by atoms with Gasteiger partial charge >= 0.3 is 0 Å². The number of allylic oxidation sites excluding steroid dienone is 1. The number of hydrogen-bond acceptors (Lipinski definition) is 5. The third kappa shape index (κ3) is 4.45. The monoisotopic (exact) mass is 460 g/mol. The lowest BCUT2D eigenvalue weighted by atomic mass is 10.0. The topological polar surface area (TPSA) is 105 Å². The van der Waals surface area contributed by atoms with E-state index in [0.717, 1.165) is 38.5 Å². The van der Waals surface area contributed by atoms with Gasteiger partial charge in [0.05, 0.1) is 21.5 Å². The Balaban J connectivity index is 1.55. The van der Waals surface area contributed by atoms with Crippen LogP contribution in [0.2, 0.25) is 0 Å². The fraction of sp³-hybridized carbons (Fsp3) is 0.0714. The molecular formula is C28H20N4O3. The molecule has 0 fully saturated rings. The number of nitro benzene ring substituents is 1. The number of rotatable bonds is 6. The van der Waals surface area contributed by atoms with Crippen LogP contribution in [-0.2, 0) is 6.61 Å². The maximum absolute atomic E-state index is 10.9. The number of benzene rings is 4. The van der Waals surface area contributed by atoms with Crippen molar-refractivity contribution in [2.75, 3.05) is 0 Å². The SMILES string of the molecule is Cc1ccc2nc(C(C#N)=Cc3c(OCc4ccc([N+](=O)[O-])cc4)ccc4ccccc34)[nH]c2c1. The number of aromatic nitrogens is 2. The first-order valence-corrected chi connectivity index (χ1v) is 11.0. The molecule has 5 rings (SSSR count). The summed E-state index contributed by atoms with van der Waals surface area (Å²) in [6, 6.07) is 26.2. The van der Waals surface area contributed by atoms with Crippen LogP contribution in [0.5, 0.6) is 5.75 Å². The summed E-state index contributed by atoms with van der Waals surface area (Å²) in [5, 5.41) is 22.9. The second kappa shape index (κ2) is 9.12. The number of aryl methyl sites for hydroxylation is 1. The van der Waals surface area contributed by atoms with Gasteiger partial charge < -0.3 is 9.72 Å². The van der Waals surface area contributed by atoms with Gasteiger partial charge in [0.2, 0.25) is 0 Å². The van der Waals surface area contributed by atoms with Gasteiger partial charge in [-0.2, -0.15) is 5.26 Å². The van der Waals surface area contributed by atoms with Crippen LogP contribution in [-0.4, -0.2) is 14.9 Å². The first kappa shape index (κ1) is 21.9. The van der Waals surface area contributed by atoms with Gasteiger partial charge in [0, 0.05) is 17.7 Å². The molecule has 0 aliphatic heterocycles. The fourth-order valence-electron chi connectivity index (χ4n) is 3.97. The minimum absolute atomic E-state index is 0.0303. The summed E-state index contributed by atoms with van der Waals surface area (Å²) in [6.45, 7) is 2.23. The molecule has 5 aromatic rings. The Morgan fingerprint density at radius 2 is 1.91 bits per heavy atom. The predicted molar refractivity (Wildman–Crippen MR) is 136 cm³/mol. The Kier molecular flexibility index (Phi) is 5.70. The van der Waals surface area contributed by atoms with Crippen molar-refractivity contribution in [2.45, 2.75) is 13.5 Å². The molecule has 1 N–H and O–H groups in total. The Bertz CT molecular complexity index is 1640. The van der Waals surface area contributed by atoms with Crippen LogP contribution in [0, 0.1) is 28.4 Å². The molecule has 0 atom stereocenters. The maximum atomic E-state index is 10.9. The summed E-state index contributed by atoms with van der Waals surface area (Å²) in [5.41, 5.74) is 4.74. The molecule has 0 radical (unpaired) electrons. The normalized spacial score (nSPS) is 11.5. The van der Waals surface area contributed by atoms with Crippen molar-refractivity contribution in [2.24, 2.45) is 0 Å². The number of nitriles is 1. The van der Waals surface area contributed by atoms with Crippen LogP contribution in [0.25, 0.3) is 33.5 Å². The maximum Gasteiger partial charge on any atom is 0.269 e. The van der Waals surface area contributed by atoms with Crippen molar-refractivity contribution in [1.82, 2.24) is 9.97 Å². The van der Waals surface area contributed by atoms with Crippen molar-refractivity contribution in [1.29, 1.82) is 5.26 Å². The quantitative estimate of drug-likeness (QED) is 0.175. The standard InChI is InChI=1S/C28H20N4O3/c1-18-6-12-25-26(14-18)31-28(30-25)21(16-29)15-24-23-5-3-2-4-20(23)9-13-27(24)35-17-19-7-10-22(11-8-19)32(33)34/h2-15H,17H2,1H3,(H,30,31). The van der Waals surface area contributed by atoms with Gasteiger partial charge in [0.15, 0.2) is 0 Å². The summed E-state index contributed by atoms with van der Waals surface area (Å²) in [7, 11) is 0. The summed E-state index contributed by atoms with van der Waals surface area (Å²) in [6.07, 6.45) is 1.79. The van der Waals surface area contributed by atoms with E-state index in [-0.39, 0.29) is 12.3 Å². The lowest BCUT2D eigenvalue weighted by Crippen LogP contribution is -1.98. The number of non-ortho nitro benzene ring substituents is 1. The highest BCUT2D eigenvalue weighted by Gasteiger charge is 2.13. The molecule has 7 nitrogen and oxygen atoms in total. The number of nitro groups is 1. The van der Waals surface area contributed by atoms with E-state index in [9.17, 15) is 15.4 Å². The molecule has 0 amide bonds. The number of imidazole rings is 1. The molecule has 0 saturated heterocycles. The molecule has 1 aromatic heterocycles. The lowest BCUT2D eigenvalue weighted by molar-refractivity contribution is -0.384. The number of hydrogen-bond donors (Lipinski definition) is 1. The minimum Gasteiger partial charge on any atom is -0.488 e. The molecule has 7 heteroatoms. The van der Waals surface area contributed by atoms with Crippen molar-refractivity contribution in [3.63, 3.8) is 0 Å². The van der Waals surface area contributed by atoms with E-state index >= 15 is 0 Å². The average Bonchev–Trinajstić information content (AvgIpc) is 3.29. The number of nitrogens with one attached hydrogen (secondary N) is 1. The summed E-state index contributed by atoms with van der Waals surface area (Å²) >= 11 is 0. The highest BCUT2D eigenvalue weighted by molar-refractivity contribution is 6.00. The Hall–Kier alpha value is -4.96. The molecule has 35 heavy (non-hydrogen) atoms. The molecule has 0 bridgehead atoms. The molecule has 0 aliphatic carbocycles. The van der Waals surface area contributed by atoms with E-state index < -0.39 is 4.92 Å². The predicted octanol–water partition coefficient (Wildman–Crippen LogP) is 6.58. The average molecular weight is 460 g/mol. The van der Waals surface area contributed by atoms with Gasteiger partial charge in [-0.15, -0.1) is 0 Å². The number of H-pyrrole nitrogens is 1.